The van der Waals surface area contributed by atoms with Gasteiger partial charge in [-0.25, -0.2) is 0 Å². The number of nitrogens with zero attached hydrogens (tertiary/aromatic N) is 3. The van der Waals surface area contributed by atoms with E-state index in [0.717, 1.165) is 23.1 Å². The van der Waals surface area contributed by atoms with Gasteiger partial charge in [-0.1, -0.05) is 18.2 Å². The number of para-hydroxylation sites is 1. The Balaban J connectivity index is 1.64. The first-order valence-corrected chi connectivity index (χ1v) is 8.52. The van der Waals surface area contributed by atoms with E-state index in [4.69, 9.17) is 0 Å². The number of aryl methyl sites for hydroxylation is 1. The zero-order chi connectivity index (χ0) is 18.7. The number of H-pyrrole nitrogens is 1. The van der Waals surface area contributed by atoms with Crippen molar-refractivity contribution in [2.45, 2.75) is 19.5 Å². The molecule has 0 spiro atoms. The summed E-state index contributed by atoms with van der Waals surface area (Å²) in [6.07, 6.45) is 1.76. The molecule has 0 aliphatic rings. The lowest BCUT2D eigenvalue weighted by atomic mass is 10.1. The molecule has 0 aliphatic carbocycles. The summed E-state index contributed by atoms with van der Waals surface area (Å²) >= 11 is 0. The van der Waals surface area contributed by atoms with Crippen molar-refractivity contribution in [1.82, 2.24) is 25.0 Å². The number of aromatic nitrogens is 3. The van der Waals surface area contributed by atoms with E-state index < -0.39 is 0 Å². The molecular formula is C19H23N5O2. The predicted octanol–water partition coefficient (Wildman–Crippen LogP) is 1.51. The first-order valence-electron chi connectivity index (χ1n) is 8.52. The highest BCUT2D eigenvalue weighted by Crippen LogP contribution is 2.10. The smallest absolute Gasteiger partial charge is 0.261 e. The quantitative estimate of drug-likeness (QED) is 0.704. The van der Waals surface area contributed by atoms with Gasteiger partial charge < -0.3 is 10.3 Å². The predicted molar refractivity (Wildman–Crippen MR) is 101 cm³/mol. The van der Waals surface area contributed by atoms with Crippen LogP contribution in [0.4, 0.5) is 0 Å². The number of aromatic amines is 1. The van der Waals surface area contributed by atoms with Crippen LogP contribution in [0, 0.1) is 0 Å². The highest BCUT2D eigenvalue weighted by atomic mass is 16.2. The summed E-state index contributed by atoms with van der Waals surface area (Å²) in [6.45, 7) is 3.31. The topological polar surface area (TPSA) is 83.0 Å². The Morgan fingerprint density at radius 1 is 1.35 bits per heavy atom. The molecule has 1 atom stereocenters. The highest BCUT2D eigenvalue weighted by Gasteiger charge is 2.16. The molecule has 2 heterocycles. The summed E-state index contributed by atoms with van der Waals surface area (Å²) in [6, 6.07) is 10.9. The van der Waals surface area contributed by atoms with Crippen LogP contribution in [0.5, 0.6) is 0 Å². The average molecular weight is 353 g/mol. The van der Waals surface area contributed by atoms with E-state index in [-0.39, 0.29) is 23.1 Å². The molecule has 0 aliphatic heterocycles. The van der Waals surface area contributed by atoms with Crippen LogP contribution in [0.3, 0.4) is 0 Å². The second-order valence-corrected chi connectivity index (χ2v) is 6.62. The number of benzene rings is 1. The molecule has 136 valence electrons. The SMILES string of the molecule is CC(CN(C)Cc1ccnn1C)NC(=O)c1cc2ccccc2[nH]c1=O. The summed E-state index contributed by atoms with van der Waals surface area (Å²) in [5.74, 6) is -0.363. The van der Waals surface area contributed by atoms with E-state index in [1.54, 1.807) is 12.3 Å². The number of pyridine rings is 1. The number of fused-ring (bicyclic) bond motifs is 1. The van der Waals surface area contributed by atoms with E-state index in [1.807, 2.05) is 56.0 Å². The Kier molecular flexibility index (Phi) is 5.18. The second kappa shape index (κ2) is 7.53. The maximum atomic E-state index is 12.5. The first-order chi connectivity index (χ1) is 12.4. The van der Waals surface area contributed by atoms with Gasteiger partial charge in [-0.3, -0.25) is 19.2 Å². The lowest BCUT2D eigenvalue weighted by molar-refractivity contribution is 0.0930. The second-order valence-electron chi connectivity index (χ2n) is 6.62. The van der Waals surface area contributed by atoms with Crippen LogP contribution in [0.2, 0.25) is 0 Å². The van der Waals surface area contributed by atoms with Crippen molar-refractivity contribution < 1.29 is 4.79 Å². The number of nitrogens with one attached hydrogen (secondary N) is 2. The van der Waals surface area contributed by atoms with Crippen molar-refractivity contribution in [3.05, 3.63) is 64.2 Å². The zero-order valence-corrected chi connectivity index (χ0v) is 15.2. The molecule has 2 N–H and O–H groups in total. The van der Waals surface area contributed by atoms with Crippen molar-refractivity contribution in [3.63, 3.8) is 0 Å². The minimum atomic E-state index is -0.378. The molecule has 7 nitrogen and oxygen atoms in total. The van der Waals surface area contributed by atoms with Crippen LogP contribution in [-0.2, 0) is 13.6 Å². The van der Waals surface area contributed by atoms with Crippen molar-refractivity contribution >= 4 is 16.8 Å². The minimum Gasteiger partial charge on any atom is -0.348 e. The molecule has 26 heavy (non-hydrogen) atoms. The lowest BCUT2D eigenvalue weighted by Crippen LogP contribution is -2.42. The van der Waals surface area contributed by atoms with Gasteiger partial charge in [0.15, 0.2) is 0 Å². The molecular weight excluding hydrogens is 330 g/mol. The van der Waals surface area contributed by atoms with E-state index in [0.29, 0.717) is 6.54 Å². The van der Waals surface area contributed by atoms with Gasteiger partial charge in [0.25, 0.3) is 11.5 Å². The molecule has 0 radical (unpaired) electrons. The number of rotatable bonds is 6. The Morgan fingerprint density at radius 3 is 2.85 bits per heavy atom. The van der Waals surface area contributed by atoms with Crippen LogP contribution in [0.15, 0.2) is 47.4 Å². The number of carbonyl (C=O) groups is 1. The molecule has 1 unspecified atom stereocenters. The van der Waals surface area contributed by atoms with E-state index in [1.165, 1.54) is 0 Å². The van der Waals surface area contributed by atoms with Gasteiger partial charge in [0, 0.05) is 37.9 Å². The van der Waals surface area contributed by atoms with Crippen molar-refractivity contribution in [1.29, 1.82) is 0 Å². The van der Waals surface area contributed by atoms with E-state index in [9.17, 15) is 9.59 Å². The molecule has 1 amide bonds. The number of hydrogen-bond acceptors (Lipinski definition) is 4. The third-order valence-electron chi connectivity index (χ3n) is 4.32. The van der Waals surface area contributed by atoms with Crippen molar-refractivity contribution in [2.24, 2.45) is 7.05 Å². The fourth-order valence-electron chi connectivity index (χ4n) is 3.03. The number of amides is 1. The molecule has 0 fully saturated rings. The van der Waals surface area contributed by atoms with Gasteiger partial charge in [-0.2, -0.15) is 5.10 Å². The number of hydrogen-bond donors (Lipinski definition) is 2. The molecule has 2 aromatic heterocycles. The fourth-order valence-corrected chi connectivity index (χ4v) is 3.03. The molecule has 0 saturated carbocycles. The summed E-state index contributed by atoms with van der Waals surface area (Å²) in [5, 5.41) is 7.89. The van der Waals surface area contributed by atoms with Gasteiger partial charge in [-0.15, -0.1) is 0 Å². The Hall–Kier alpha value is -2.93. The van der Waals surface area contributed by atoms with E-state index in [2.05, 4.69) is 20.3 Å². The summed E-state index contributed by atoms with van der Waals surface area (Å²) < 4.78 is 1.83. The third-order valence-corrected chi connectivity index (χ3v) is 4.32. The summed E-state index contributed by atoms with van der Waals surface area (Å²) in [4.78, 5) is 29.6. The molecule has 0 bridgehead atoms. The summed E-state index contributed by atoms with van der Waals surface area (Å²) in [5.41, 5.74) is 1.57. The molecule has 3 aromatic rings. The van der Waals surface area contributed by atoms with Crippen molar-refractivity contribution in [3.8, 4) is 0 Å². The number of likely N-dealkylation sites (N-methyl/N-ethyl adjacent to an activating group) is 1. The molecule has 3 rings (SSSR count). The van der Waals surface area contributed by atoms with Gasteiger partial charge in [0.05, 0.1) is 5.69 Å². The fraction of sp³-hybridized carbons (Fsp3) is 0.316. The first kappa shape index (κ1) is 17.9. The molecule has 0 saturated heterocycles. The molecule has 7 heteroatoms. The van der Waals surface area contributed by atoms with Gasteiger partial charge >= 0.3 is 0 Å². The standard InChI is InChI=1S/C19H23N5O2/c1-13(11-23(2)12-15-8-9-20-24(15)3)21-18(25)16-10-14-6-4-5-7-17(14)22-19(16)26/h4-10,13H,11-12H2,1-3H3,(H,21,25)(H,22,26). The molecule has 1 aromatic carbocycles. The Bertz CT molecular complexity index is 975. The third kappa shape index (κ3) is 4.00. The van der Waals surface area contributed by atoms with Gasteiger partial charge in [0.1, 0.15) is 5.56 Å². The van der Waals surface area contributed by atoms with Crippen LogP contribution < -0.4 is 10.9 Å². The largest absolute Gasteiger partial charge is 0.348 e. The van der Waals surface area contributed by atoms with Gasteiger partial charge in [0.2, 0.25) is 0 Å². The monoisotopic (exact) mass is 353 g/mol. The van der Waals surface area contributed by atoms with E-state index >= 15 is 0 Å². The van der Waals surface area contributed by atoms with Crippen molar-refractivity contribution in [2.75, 3.05) is 13.6 Å². The lowest BCUT2D eigenvalue weighted by Gasteiger charge is -2.22. The Morgan fingerprint density at radius 2 is 2.12 bits per heavy atom. The minimum absolute atomic E-state index is 0.105. The normalized spacial score (nSPS) is 12.5. The van der Waals surface area contributed by atoms with Crippen LogP contribution in [0.1, 0.15) is 23.0 Å². The van der Waals surface area contributed by atoms with Gasteiger partial charge in [-0.05, 0) is 37.6 Å². The maximum Gasteiger partial charge on any atom is 0.261 e. The average Bonchev–Trinajstić information content (AvgIpc) is 2.98. The van der Waals surface area contributed by atoms with Crippen LogP contribution in [-0.4, -0.2) is 45.2 Å². The highest BCUT2D eigenvalue weighted by molar-refractivity contribution is 5.97. The maximum absolute atomic E-state index is 12.5. The van der Waals surface area contributed by atoms with Crippen LogP contribution >= 0.6 is 0 Å². The summed E-state index contributed by atoms with van der Waals surface area (Å²) in [7, 11) is 3.89. The Labute approximate surface area is 151 Å². The van der Waals surface area contributed by atoms with Crippen LogP contribution in [0.25, 0.3) is 10.9 Å². The zero-order valence-electron chi connectivity index (χ0n) is 15.2. The number of carbonyl (C=O) groups excluding carboxylic acids is 1.